The number of halogens is 1. The normalized spacial score (nSPS) is 22.2. The molecule has 0 spiro atoms. The molecule has 0 fully saturated rings. The van der Waals surface area contributed by atoms with Gasteiger partial charge in [-0.25, -0.2) is 0 Å². The fraction of sp³-hybridized carbons (Fsp3) is 0.533. The summed E-state index contributed by atoms with van der Waals surface area (Å²) in [5.74, 6) is 0.478. The average molecular weight is 370 g/mol. The molecular formula is C15H19IN2O. The Morgan fingerprint density at radius 1 is 1.53 bits per heavy atom. The highest BCUT2D eigenvalue weighted by Crippen LogP contribution is 2.45. The van der Waals surface area contributed by atoms with Crippen LogP contribution >= 0.6 is 22.9 Å². The summed E-state index contributed by atoms with van der Waals surface area (Å²) in [5, 5.41) is 19.1. The van der Waals surface area contributed by atoms with E-state index in [-0.39, 0.29) is 6.61 Å². The topological polar surface area (TPSA) is 47.3 Å². The summed E-state index contributed by atoms with van der Waals surface area (Å²) in [5.41, 5.74) is 2.67. The van der Waals surface area contributed by atoms with E-state index in [1.54, 1.807) is 0 Å². The first-order valence-electron chi connectivity index (χ1n) is 6.61. The Hall–Kier alpha value is -0.800. The number of hydrogen-bond acceptors (Lipinski definition) is 3. The van der Waals surface area contributed by atoms with Gasteiger partial charge >= 0.3 is 0 Å². The summed E-state index contributed by atoms with van der Waals surface area (Å²) in [6.45, 7) is 5.24. The number of aliphatic hydroxyl groups excluding tert-OH is 1. The fourth-order valence-electron chi connectivity index (χ4n) is 2.89. The largest absolute Gasteiger partial charge is 0.392 e. The van der Waals surface area contributed by atoms with Gasteiger partial charge in [-0.1, -0.05) is 19.9 Å². The van der Waals surface area contributed by atoms with Crippen LogP contribution in [-0.4, -0.2) is 11.7 Å². The molecule has 0 saturated heterocycles. The number of aliphatic hydroxyl groups is 1. The van der Waals surface area contributed by atoms with Crippen molar-refractivity contribution in [1.29, 1.82) is 5.26 Å². The van der Waals surface area contributed by atoms with Gasteiger partial charge in [0, 0.05) is 6.54 Å². The smallest absolute Gasteiger partial charge is 0.0862 e. The van der Waals surface area contributed by atoms with Gasteiger partial charge in [0.25, 0.3) is 0 Å². The molecule has 1 heterocycles. The Balaban J connectivity index is 2.56. The molecule has 1 unspecified atom stereocenters. The summed E-state index contributed by atoms with van der Waals surface area (Å²) < 4.78 is 2.17. The van der Waals surface area contributed by atoms with E-state index in [4.69, 9.17) is 0 Å². The van der Waals surface area contributed by atoms with Crippen LogP contribution in [0.25, 0.3) is 0 Å². The Morgan fingerprint density at radius 2 is 2.26 bits per heavy atom. The van der Waals surface area contributed by atoms with E-state index < -0.39 is 5.41 Å². The second-order valence-corrected chi connectivity index (χ2v) is 6.80. The molecular weight excluding hydrogens is 351 g/mol. The third-order valence-corrected chi connectivity index (χ3v) is 4.73. The van der Waals surface area contributed by atoms with Gasteiger partial charge in [-0.3, -0.25) is 0 Å². The van der Waals surface area contributed by atoms with E-state index in [1.165, 1.54) is 0 Å². The van der Waals surface area contributed by atoms with Crippen LogP contribution in [0.4, 0.5) is 5.69 Å². The highest BCUT2D eigenvalue weighted by Gasteiger charge is 2.39. The monoisotopic (exact) mass is 370 g/mol. The van der Waals surface area contributed by atoms with Crippen LogP contribution in [0.1, 0.15) is 37.8 Å². The molecule has 1 aliphatic heterocycles. The highest BCUT2D eigenvalue weighted by molar-refractivity contribution is 14.1. The molecule has 4 heteroatoms. The second-order valence-electron chi connectivity index (χ2n) is 5.64. The van der Waals surface area contributed by atoms with Gasteiger partial charge < -0.3 is 8.22 Å². The Morgan fingerprint density at radius 3 is 2.84 bits per heavy atom. The van der Waals surface area contributed by atoms with Gasteiger partial charge in [-0.2, -0.15) is 5.26 Å². The van der Waals surface area contributed by atoms with E-state index in [0.717, 1.165) is 36.2 Å². The molecule has 1 atom stereocenters. The van der Waals surface area contributed by atoms with E-state index in [2.05, 4.69) is 45.9 Å². The zero-order chi connectivity index (χ0) is 14.0. The van der Waals surface area contributed by atoms with Gasteiger partial charge in [0.15, 0.2) is 0 Å². The van der Waals surface area contributed by atoms with Crippen molar-refractivity contribution < 1.29 is 5.11 Å². The van der Waals surface area contributed by atoms with Crippen molar-refractivity contribution >= 4 is 28.6 Å². The molecule has 1 N–H and O–H groups in total. The molecule has 0 aromatic heterocycles. The van der Waals surface area contributed by atoms with Crippen molar-refractivity contribution in [2.45, 2.75) is 38.7 Å². The van der Waals surface area contributed by atoms with Crippen LogP contribution in [0.15, 0.2) is 18.2 Å². The van der Waals surface area contributed by atoms with Crippen molar-refractivity contribution in [3.8, 4) is 6.07 Å². The number of nitriles is 1. The molecule has 1 aromatic rings. The van der Waals surface area contributed by atoms with Crippen LogP contribution in [0.2, 0.25) is 0 Å². The van der Waals surface area contributed by atoms with E-state index >= 15 is 0 Å². The molecule has 0 saturated carbocycles. The number of hydrogen-bond donors (Lipinski definition) is 1. The molecule has 1 aliphatic rings. The second kappa shape index (κ2) is 5.68. The summed E-state index contributed by atoms with van der Waals surface area (Å²) in [6.07, 6.45) is 1.72. The molecule has 0 aliphatic carbocycles. The van der Waals surface area contributed by atoms with Crippen LogP contribution in [-0.2, 0) is 12.0 Å². The summed E-state index contributed by atoms with van der Waals surface area (Å²) >= 11 is 2.30. The molecule has 0 radical (unpaired) electrons. The SMILES string of the molecule is CC(C)CC1(C#N)CCN(I)c2ccc(CO)cc21. The number of nitrogens with zero attached hydrogens (tertiary/aromatic N) is 2. The number of anilines is 1. The van der Waals surface area contributed by atoms with Gasteiger partial charge in [0.2, 0.25) is 0 Å². The van der Waals surface area contributed by atoms with Gasteiger partial charge in [-0.15, -0.1) is 0 Å². The van der Waals surface area contributed by atoms with Crippen molar-refractivity contribution in [3.05, 3.63) is 29.3 Å². The minimum Gasteiger partial charge on any atom is -0.392 e. The van der Waals surface area contributed by atoms with Gasteiger partial charge in [-0.05, 0) is 42.0 Å². The molecule has 19 heavy (non-hydrogen) atoms. The first-order valence-corrected chi connectivity index (χ1v) is 7.58. The maximum Gasteiger partial charge on any atom is 0.0862 e. The van der Waals surface area contributed by atoms with Gasteiger partial charge in [0.1, 0.15) is 0 Å². The molecule has 102 valence electrons. The quantitative estimate of drug-likeness (QED) is 0.654. The third-order valence-electron chi connectivity index (χ3n) is 3.73. The average Bonchev–Trinajstić information content (AvgIpc) is 2.41. The van der Waals surface area contributed by atoms with E-state index in [9.17, 15) is 10.4 Å². The van der Waals surface area contributed by atoms with Crippen molar-refractivity contribution in [1.82, 2.24) is 0 Å². The fourth-order valence-corrected chi connectivity index (χ4v) is 3.55. The maximum absolute atomic E-state index is 9.75. The minimum atomic E-state index is -0.406. The van der Waals surface area contributed by atoms with Crippen LogP contribution < -0.4 is 3.11 Å². The Kier molecular flexibility index (Phi) is 4.36. The molecule has 3 nitrogen and oxygen atoms in total. The van der Waals surface area contributed by atoms with Crippen molar-refractivity contribution in [3.63, 3.8) is 0 Å². The highest BCUT2D eigenvalue weighted by atomic mass is 127. The lowest BCUT2D eigenvalue weighted by Gasteiger charge is -2.38. The molecule has 1 aromatic carbocycles. The van der Waals surface area contributed by atoms with E-state index in [1.807, 2.05) is 18.2 Å². The van der Waals surface area contributed by atoms with Crippen LogP contribution in [0.5, 0.6) is 0 Å². The minimum absolute atomic E-state index is 0.0255. The van der Waals surface area contributed by atoms with Crippen LogP contribution in [0.3, 0.4) is 0 Å². The zero-order valence-corrected chi connectivity index (χ0v) is 13.5. The number of benzene rings is 1. The van der Waals surface area contributed by atoms with E-state index in [0.29, 0.717) is 5.92 Å². The summed E-state index contributed by atoms with van der Waals surface area (Å²) in [6, 6.07) is 8.54. The lowest BCUT2D eigenvalue weighted by molar-refractivity contribution is 0.281. The number of rotatable bonds is 3. The predicted octanol–water partition coefficient (Wildman–Crippen LogP) is 3.55. The first-order chi connectivity index (χ1) is 9.02. The molecule has 0 bridgehead atoms. The van der Waals surface area contributed by atoms with Crippen molar-refractivity contribution in [2.75, 3.05) is 9.66 Å². The zero-order valence-electron chi connectivity index (χ0n) is 11.4. The first kappa shape index (κ1) is 14.6. The number of fused-ring (bicyclic) bond motifs is 1. The summed E-state index contributed by atoms with van der Waals surface area (Å²) in [7, 11) is 0. The molecule has 0 amide bonds. The lowest BCUT2D eigenvalue weighted by Crippen LogP contribution is -2.36. The standard InChI is InChI=1S/C15H19IN2O/c1-11(2)8-15(10-17)5-6-18(16)14-4-3-12(9-19)7-13(14)15/h3-4,7,11,19H,5-6,8-9H2,1-2H3. The van der Waals surface area contributed by atoms with Gasteiger partial charge in [0.05, 0.1) is 46.6 Å². The Bertz CT molecular complexity index is 509. The predicted molar refractivity (Wildman–Crippen MR) is 85.1 cm³/mol. The Labute approximate surface area is 128 Å². The molecule has 2 rings (SSSR count). The maximum atomic E-state index is 9.75. The lowest BCUT2D eigenvalue weighted by atomic mass is 9.70. The third kappa shape index (κ3) is 2.72. The summed E-state index contributed by atoms with van der Waals surface area (Å²) in [4.78, 5) is 0. The van der Waals surface area contributed by atoms with Crippen LogP contribution in [0, 0.1) is 17.2 Å². The van der Waals surface area contributed by atoms with Crippen molar-refractivity contribution in [2.24, 2.45) is 5.92 Å².